The zero-order valence-electron chi connectivity index (χ0n) is 68.9. The van der Waals surface area contributed by atoms with Crippen molar-refractivity contribution in [1.82, 2.24) is 27.8 Å². The third kappa shape index (κ3) is 12.3. The number of nitrogens with zero attached hydrogens (tertiary/aromatic N) is 6. The minimum atomic E-state index is 0.206. The van der Waals surface area contributed by atoms with E-state index >= 15 is 0 Å². The van der Waals surface area contributed by atoms with Gasteiger partial charge in [-0.15, -0.1) is 0 Å². The molecule has 1 atom stereocenters. The second-order valence-electron chi connectivity index (χ2n) is 32.7. The van der Waals surface area contributed by atoms with Crippen LogP contribution in [0.1, 0.15) is 22.6 Å². The van der Waals surface area contributed by atoms with Crippen LogP contribution in [0.5, 0.6) is 0 Å². The summed E-state index contributed by atoms with van der Waals surface area (Å²) in [5.41, 5.74) is 35.4. The van der Waals surface area contributed by atoms with Crippen molar-refractivity contribution in [3.05, 3.63) is 496 Å². The largest absolute Gasteiger partial charge is 0.309 e. The van der Waals surface area contributed by atoms with Crippen LogP contribution in [-0.2, 0) is 0 Å². The number of para-hydroxylation sites is 6. The molecule has 6 heteroatoms. The van der Waals surface area contributed by atoms with Gasteiger partial charge in [-0.1, -0.05) is 376 Å². The lowest BCUT2D eigenvalue weighted by Crippen LogP contribution is -1.99. The maximum atomic E-state index is 5.23. The van der Waals surface area contributed by atoms with Crippen molar-refractivity contribution in [2.45, 2.75) is 5.92 Å². The van der Waals surface area contributed by atoms with Crippen LogP contribution in [0.15, 0.2) is 479 Å². The lowest BCUT2D eigenvalue weighted by molar-refractivity contribution is 1.02. The van der Waals surface area contributed by atoms with E-state index in [1.165, 1.54) is 182 Å². The van der Waals surface area contributed by atoms with E-state index in [-0.39, 0.29) is 5.92 Å². The van der Waals surface area contributed by atoms with Crippen LogP contribution < -0.4 is 0 Å². The Labute approximate surface area is 729 Å². The van der Waals surface area contributed by atoms with Gasteiger partial charge in [0.2, 0.25) is 0 Å². The summed E-state index contributed by atoms with van der Waals surface area (Å²) >= 11 is 0. The average Bonchev–Trinajstić information content (AvgIpc) is 1.55. The third-order valence-corrected chi connectivity index (χ3v) is 25.8. The Hall–Kier alpha value is -16.7. The Morgan fingerprint density at radius 1 is 0.175 bits per heavy atom. The predicted molar refractivity (Wildman–Crippen MR) is 529 cm³/mol. The van der Waals surface area contributed by atoms with Gasteiger partial charge < -0.3 is 18.3 Å². The number of aromatic nitrogens is 6. The monoisotopic (exact) mass is 1600 g/mol. The summed E-state index contributed by atoms with van der Waals surface area (Å²) in [5, 5.41) is 12.6. The van der Waals surface area contributed by atoms with Crippen molar-refractivity contribution in [3.63, 3.8) is 0 Å². The zero-order valence-corrected chi connectivity index (χ0v) is 68.9. The number of pyridine rings is 1. The maximum absolute atomic E-state index is 5.23. The molecular weight excluding hydrogens is 1530 g/mol. The first-order chi connectivity index (χ1) is 62.6. The van der Waals surface area contributed by atoms with Crippen LogP contribution in [0.4, 0.5) is 0 Å². The molecule has 0 N–H and O–H groups in total. The minimum absolute atomic E-state index is 0.206. The van der Waals surface area contributed by atoms with E-state index in [2.05, 4.69) is 496 Å². The smallest absolute Gasteiger partial charge is 0.138 e. The fraction of sp³-hybridized carbons (Fsp3) is 0.00833. The van der Waals surface area contributed by atoms with Crippen molar-refractivity contribution in [2.75, 3.05) is 0 Å². The van der Waals surface area contributed by atoms with Gasteiger partial charge in [-0.3, -0.25) is 4.57 Å². The van der Waals surface area contributed by atoms with Crippen LogP contribution in [0.2, 0.25) is 0 Å². The SMILES string of the molecule is c1ccc(-c2ccc(-n3c4ccccc4c4c3ccc3c5ccccc5n(-c5ccc(-c6ccccc6)cc5)c34)cc2)cc1.c1ccc(-c2ccc(-n3c4ccccc4c4c3ccc3c5ccccc5n(-c5cccc(-c6ccccc6)n5)c34)cc2)cc1.c1ccc(-c2ccc(C3c4ccccc4-c4c3ccc3c5ccccc5n(-c5ccccc5)c43)cc2)cc1. The normalized spacial score (nSPS) is 12.4. The molecule has 6 heterocycles. The molecule has 0 saturated carbocycles. The number of hydrogen-bond acceptors (Lipinski definition) is 1. The molecule has 126 heavy (non-hydrogen) atoms. The zero-order chi connectivity index (χ0) is 83.1. The van der Waals surface area contributed by atoms with Crippen LogP contribution in [0.3, 0.4) is 0 Å². The molecular formula is C120H80N6. The van der Waals surface area contributed by atoms with Gasteiger partial charge in [0, 0.05) is 93.7 Å². The molecule has 1 aliphatic rings. The summed E-state index contributed by atoms with van der Waals surface area (Å²) in [6.07, 6.45) is 0. The van der Waals surface area contributed by atoms with Crippen molar-refractivity contribution < 1.29 is 0 Å². The summed E-state index contributed by atoms with van der Waals surface area (Å²) in [6.45, 7) is 0. The van der Waals surface area contributed by atoms with Crippen molar-refractivity contribution in [3.8, 4) is 95.5 Å². The highest BCUT2D eigenvalue weighted by Gasteiger charge is 2.34. The minimum Gasteiger partial charge on any atom is -0.309 e. The lowest BCUT2D eigenvalue weighted by Gasteiger charge is -2.16. The molecule has 0 spiro atoms. The Bertz CT molecular complexity index is 8440. The van der Waals surface area contributed by atoms with Crippen molar-refractivity contribution >= 4 is 109 Å². The molecule has 0 amide bonds. The van der Waals surface area contributed by atoms with Gasteiger partial charge >= 0.3 is 0 Å². The number of hydrogen-bond donors (Lipinski definition) is 0. The van der Waals surface area contributed by atoms with Gasteiger partial charge in [0.15, 0.2) is 0 Å². The molecule has 0 radical (unpaired) electrons. The molecule has 25 aromatic rings. The van der Waals surface area contributed by atoms with E-state index in [1.807, 2.05) is 6.07 Å². The first-order valence-corrected chi connectivity index (χ1v) is 43.4. The van der Waals surface area contributed by atoms with E-state index in [0.717, 1.165) is 39.7 Å². The summed E-state index contributed by atoms with van der Waals surface area (Å²) in [6, 6.07) is 173. The van der Waals surface area contributed by atoms with Gasteiger partial charge in [-0.2, -0.15) is 0 Å². The molecule has 1 unspecified atom stereocenters. The highest BCUT2D eigenvalue weighted by molar-refractivity contribution is 6.28. The number of rotatable bonds is 11. The Balaban J connectivity index is 0.000000106. The van der Waals surface area contributed by atoms with Gasteiger partial charge in [-0.05, 0) is 170 Å². The molecule has 1 aliphatic carbocycles. The second-order valence-corrected chi connectivity index (χ2v) is 32.7. The fourth-order valence-electron chi connectivity index (χ4n) is 20.1. The van der Waals surface area contributed by atoms with E-state index < -0.39 is 0 Å². The maximum Gasteiger partial charge on any atom is 0.138 e. The molecule has 6 nitrogen and oxygen atoms in total. The van der Waals surface area contributed by atoms with E-state index in [0.29, 0.717) is 0 Å². The Kier molecular flexibility index (Phi) is 17.9. The molecule has 6 aromatic heterocycles. The number of benzene rings is 19. The summed E-state index contributed by atoms with van der Waals surface area (Å²) in [5.74, 6) is 1.12. The number of fused-ring (bicyclic) bond motifs is 21. The molecule has 19 aromatic carbocycles. The summed E-state index contributed by atoms with van der Waals surface area (Å²) < 4.78 is 12.1. The van der Waals surface area contributed by atoms with Crippen molar-refractivity contribution in [2.24, 2.45) is 0 Å². The molecule has 590 valence electrons. The van der Waals surface area contributed by atoms with Crippen molar-refractivity contribution in [1.29, 1.82) is 0 Å². The van der Waals surface area contributed by atoms with Crippen LogP contribution >= 0.6 is 0 Å². The summed E-state index contributed by atoms with van der Waals surface area (Å²) in [4.78, 5) is 5.23. The van der Waals surface area contributed by atoms with Crippen LogP contribution in [0.25, 0.3) is 204 Å². The highest BCUT2D eigenvalue weighted by Crippen LogP contribution is 2.54. The average molecular weight is 1610 g/mol. The van der Waals surface area contributed by atoms with E-state index in [9.17, 15) is 0 Å². The molecule has 26 rings (SSSR count). The highest BCUT2D eigenvalue weighted by atomic mass is 15.1. The lowest BCUT2D eigenvalue weighted by atomic mass is 9.88. The standard InChI is InChI=1S/C42H28N2.C41H27N3.C37H25N/c1-3-11-29(12-4-1)31-19-23-33(24-20-31)43-39-18-10-8-16-37(39)41-40(43)28-27-36-35-15-7-9-17-38(35)44(42(36)41)34-25-21-32(22-26-34)30-13-5-2-6-14-30;1-3-12-28(13-4-1)29-22-24-31(25-23-29)43-37-20-10-8-17-34(37)40-38(43)27-26-33-32-16-7-9-19-36(32)44(41(33)40)39-21-11-18-35(42-39)30-14-5-2-6-15-30;1-3-11-25(12-4-1)26-19-21-27(22-20-26)35-30-16-7-8-17-31(30)36-33(35)24-23-32-29-15-9-10-18-34(29)38(37(32)36)28-13-5-2-6-14-28/h1-28H;1-27H;1-24,35H. The first kappa shape index (κ1) is 73.3. The molecule has 0 aliphatic heterocycles. The second kappa shape index (κ2) is 30.8. The topological polar surface area (TPSA) is 37.5 Å². The molecule has 0 saturated heterocycles. The first-order valence-electron chi connectivity index (χ1n) is 43.4. The van der Waals surface area contributed by atoms with Gasteiger partial charge in [0.05, 0.1) is 60.9 Å². The fourth-order valence-corrected chi connectivity index (χ4v) is 20.1. The van der Waals surface area contributed by atoms with Gasteiger partial charge in [-0.25, -0.2) is 4.98 Å². The van der Waals surface area contributed by atoms with Crippen LogP contribution in [-0.4, -0.2) is 27.8 Å². The molecule has 0 fully saturated rings. The Morgan fingerprint density at radius 2 is 0.492 bits per heavy atom. The molecule has 0 bridgehead atoms. The predicted octanol–water partition coefficient (Wildman–Crippen LogP) is 31.4. The van der Waals surface area contributed by atoms with Gasteiger partial charge in [0.1, 0.15) is 5.82 Å². The van der Waals surface area contributed by atoms with Gasteiger partial charge in [0.25, 0.3) is 0 Å². The van der Waals surface area contributed by atoms with E-state index in [4.69, 9.17) is 4.98 Å². The third-order valence-electron chi connectivity index (χ3n) is 25.8. The van der Waals surface area contributed by atoms with E-state index in [1.54, 1.807) is 0 Å². The Morgan fingerprint density at radius 3 is 0.944 bits per heavy atom. The quantitative estimate of drug-likeness (QED) is 0.127. The van der Waals surface area contributed by atoms with Crippen LogP contribution in [0, 0.1) is 0 Å². The summed E-state index contributed by atoms with van der Waals surface area (Å²) in [7, 11) is 0.